The SMILES string of the molecule is Cc1ccccc1NC(=O)N1CCC(Cn2c(=O)[nH]c3cccnc32)CC1. The van der Waals surface area contributed by atoms with Crippen LogP contribution in [0.3, 0.4) is 0 Å². The van der Waals surface area contributed by atoms with Gasteiger partial charge in [-0.2, -0.15) is 0 Å². The second kappa shape index (κ2) is 7.26. The van der Waals surface area contributed by atoms with Crippen molar-refractivity contribution in [3.05, 3.63) is 58.6 Å². The first-order valence-corrected chi connectivity index (χ1v) is 9.27. The Morgan fingerprint density at radius 1 is 1.22 bits per heavy atom. The molecule has 2 N–H and O–H groups in total. The molecule has 4 rings (SSSR count). The molecule has 0 spiro atoms. The Hall–Kier alpha value is -3.09. The summed E-state index contributed by atoms with van der Waals surface area (Å²) in [7, 11) is 0. The van der Waals surface area contributed by atoms with E-state index in [1.165, 1.54) is 0 Å². The van der Waals surface area contributed by atoms with Crippen molar-refractivity contribution in [2.24, 2.45) is 5.92 Å². The number of aromatic nitrogens is 3. The largest absolute Gasteiger partial charge is 0.327 e. The first kappa shape index (κ1) is 17.3. The Balaban J connectivity index is 1.37. The Kier molecular flexibility index (Phi) is 4.66. The fraction of sp³-hybridized carbons (Fsp3) is 0.350. The van der Waals surface area contributed by atoms with E-state index in [-0.39, 0.29) is 11.7 Å². The lowest BCUT2D eigenvalue weighted by Gasteiger charge is -2.32. The average Bonchev–Trinajstić information content (AvgIpc) is 2.99. The number of likely N-dealkylation sites (tertiary alicyclic amines) is 1. The number of anilines is 1. The van der Waals surface area contributed by atoms with E-state index in [0.717, 1.165) is 29.6 Å². The van der Waals surface area contributed by atoms with E-state index in [2.05, 4.69) is 15.3 Å². The number of amides is 2. The standard InChI is InChI=1S/C20H23N5O2/c1-14-5-2-3-6-16(14)22-19(26)24-11-8-15(9-12-24)13-25-18-17(23-20(25)27)7-4-10-21-18/h2-7,10,15H,8-9,11-13H2,1H3,(H,22,26)(H,23,27). The van der Waals surface area contributed by atoms with Crippen LogP contribution in [0.1, 0.15) is 18.4 Å². The van der Waals surface area contributed by atoms with E-state index in [0.29, 0.717) is 31.2 Å². The zero-order valence-electron chi connectivity index (χ0n) is 15.3. The lowest BCUT2D eigenvalue weighted by molar-refractivity contribution is 0.177. The van der Waals surface area contributed by atoms with Crippen molar-refractivity contribution >= 4 is 22.9 Å². The number of piperidine rings is 1. The molecule has 1 aromatic carbocycles. The van der Waals surface area contributed by atoms with Crippen LogP contribution in [0, 0.1) is 12.8 Å². The number of aryl methyl sites for hydroxylation is 1. The van der Waals surface area contributed by atoms with Crippen molar-refractivity contribution in [2.45, 2.75) is 26.3 Å². The number of nitrogens with zero attached hydrogens (tertiary/aromatic N) is 3. The zero-order valence-corrected chi connectivity index (χ0v) is 15.3. The second-order valence-electron chi connectivity index (χ2n) is 7.09. The number of rotatable bonds is 3. The van der Waals surface area contributed by atoms with Gasteiger partial charge in [-0.25, -0.2) is 14.6 Å². The number of carbonyl (C=O) groups is 1. The van der Waals surface area contributed by atoms with Crippen LogP contribution < -0.4 is 11.0 Å². The summed E-state index contributed by atoms with van der Waals surface area (Å²) in [6.07, 6.45) is 3.44. The molecule has 0 saturated carbocycles. The minimum Gasteiger partial charge on any atom is -0.325 e. The number of urea groups is 1. The first-order chi connectivity index (χ1) is 13.1. The van der Waals surface area contributed by atoms with Gasteiger partial charge in [0, 0.05) is 31.5 Å². The summed E-state index contributed by atoms with van der Waals surface area (Å²) in [5, 5.41) is 2.99. The molecule has 0 radical (unpaired) electrons. The average molecular weight is 365 g/mol. The number of pyridine rings is 1. The lowest BCUT2D eigenvalue weighted by atomic mass is 9.97. The van der Waals surface area contributed by atoms with Crippen molar-refractivity contribution in [3.8, 4) is 0 Å². The minimum atomic E-state index is -0.122. The van der Waals surface area contributed by atoms with Crippen LogP contribution in [0.2, 0.25) is 0 Å². The van der Waals surface area contributed by atoms with Crippen molar-refractivity contribution < 1.29 is 4.79 Å². The molecule has 7 nitrogen and oxygen atoms in total. The smallest absolute Gasteiger partial charge is 0.325 e. The second-order valence-corrected chi connectivity index (χ2v) is 7.09. The van der Waals surface area contributed by atoms with Crippen LogP contribution in [-0.4, -0.2) is 38.6 Å². The van der Waals surface area contributed by atoms with Gasteiger partial charge in [-0.05, 0) is 49.4 Å². The van der Waals surface area contributed by atoms with Gasteiger partial charge in [0.2, 0.25) is 0 Å². The Morgan fingerprint density at radius 2 is 2.00 bits per heavy atom. The van der Waals surface area contributed by atoms with Gasteiger partial charge in [-0.1, -0.05) is 18.2 Å². The fourth-order valence-electron chi connectivity index (χ4n) is 3.64. The maximum absolute atomic E-state index is 12.5. The molecule has 0 aliphatic carbocycles. The normalized spacial score (nSPS) is 15.2. The number of fused-ring (bicyclic) bond motifs is 1. The van der Waals surface area contributed by atoms with Gasteiger partial charge < -0.3 is 15.2 Å². The zero-order chi connectivity index (χ0) is 18.8. The highest BCUT2D eigenvalue weighted by Crippen LogP contribution is 2.21. The van der Waals surface area contributed by atoms with Crippen molar-refractivity contribution in [2.75, 3.05) is 18.4 Å². The summed E-state index contributed by atoms with van der Waals surface area (Å²) >= 11 is 0. The van der Waals surface area contributed by atoms with Crippen molar-refractivity contribution in [3.63, 3.8) is 0 Å². The number of nitrogens with one attached hydrogen (secondary N) is 2. The quantitative estimate of drug-likeness (QED) is 0.748. The molecule has 1 aliphatic rings. The maximum Gasteiger partial charge on any atom is 0.327 e. The van der Waals surface area contributed by atoms with Crippen molar-refractivity contribution in [1.29, 1.82) is 0 Å². The third-order valence-corrected chi connectivity index (χ3v) is 5.26. The summed E-state index contributed by atoms with van der Waals surface area (Å²) in [5.74, 6) is 0.353. The highest BCUT2D eigenvalue weighted by atomic mass is 16.2. The Morgan fingerprint density at radius 3 is 2.78 bits per heavy atom. The lowest BCUT2D eigenvalue weighted by Crippen LogP contribution is -2.42. The molecule has 2 aromatic heterocycles. The van der Waals surface area contributed by atoms with E-state index in [4.69, 9.17) is 0 Å². The Bertz CT molecular complexity index is 1010. The molecule has 27 heavy (non-hydrogen) atoms. The van der Waals surface area contributed by atoms with Gasteiger partial charge in [0.05, 0.1) is 5.52 Å². The predicted octanol–water partition coefficient (Wildman–Crippen LogP) is 2.98. The third kappa shape index (κ3) is 3.58. The molecule has 2 amide bonds. The number of H-pyrrole nitrogens is 1. The number of hydrogen-bond acceptors (Lipinski definition) is 3. The number of para-hydroxylation sites is 1. The number of carbonyl (C=O) groups excluding carboxylic acids is 1. The molecular formula is C20H23N5O2. The maximum atomic E-state index is 12.5. The number of hydrogen-bond donors (Lipinski definition) is 2. The molecule has 3 aromatic rings. The molecule has 140 valence electrons. The molecule has 0 bridgehead atoms. The number of imidazole rings is 1. The van der Waals surface area contributed by atoms with Crippen LogP contribution in [0.5, 0.6) is 0 Å². The molecule has 3 heterocycles. The summed E-state index contributed by atoms with van der Waals surface area (Å²) in [4.78, 5) is 33.7. The van der Waals surface area contributed by atoms with E-state index < -0.39 is 0 Å². The van der Waals surface area contributed by atoms with Gasteiger partial charge in [-0.3, -0.25) is 4.57 Å². The summed E-state index contributed by atoms with van der Waals surface area (Å²) < 4.78 is 1.71. The van der Waals surface area contributed by atoms with E-state index >= 15 is 0 Å². The topological polar surface area (TPSA) is 83.0 Å². The van der Waals surface area contributed by atoms with Crippen LogP contribution >= 0.6 is 0 Å². The third-order valence-electron chi connectivity index (χ3n) is 5.26. The molecular weight excluding hydrogens is 342 g/mol. The summed E-state index contributed by atoms with van der Waals surface area (Å²) in [6, 6.07) is 11.4. The van der Waals surface area contributed by atoms with Crippen LogP contribution in [-0.2, 0) is 6.54 Å². The van der Waals surface area contributed by atoms with Crippen LogP contribution in [0.4, 0.5) is 10.5 Å². The molecule has 7 heteroatoms. The number of benzene rings is 1. The monoisotopic (exact) mass is 365 g/mol. The Labute approximate surface area is 157 Å². The van der Waals surface area contributed by atoms with Gasteiger partial charge in [0.15, 0.2) is 5.65 Å². The van der Waals surface area contributed by atoms with E-state index in [1.807, 2.05) is 48.2 Å². The molecule has 0 atom stereocenters. The highest BCUT2D eigenvalue weighted by molar-refractivity contribution is 5.90. The van der Waals surface area contributed by atoms with Gasteiger partial charge in [-0.15, -0.1) is 0 Å². The molecule has 1 aliphatic heterocycles. The van der Waals surface area contributed by atoms with Gasteiger partial charge in [0.1, 0.15) is 0 Å². The van der Waals surface area contributed by atoms with Crippen molar-refractivity contribution in [1.82, 2.24) is 19.4 Å². The van der Waals surface area contributed by atoms with Crippen LogP contribution in [0.25, 0.3) is 11.2 Å². The summed E-state index contributed by atoms with van der Waals surface area (Å²) in [5.41, 5.74) is 3.23. The molecule has 1 fully saturated rings. The molecule has 1 saturated heterocycles. The molecule has 0 unspecified atom stereocenters. The summed E-state index contributed by atoms with van der Waals surface area (Å²) in [6.45, 7) is 3.98. The number of aromatic amines is 1. The fourth-order valence-corrected chi connectivity index (χ4v) is 3.64. The van der Waals surface area contributed by atoms with Crippen LogP contribution in [0.15, 0.2) is 47.4 Å². The highest BCUT2D eigenvalue weighted by Gasteiger charge is 2.24. The van der Waals surface area contributed by atoms with E-state index in [9.17, 15) is 9.59 Å². The predicted molar refractivity (Wildman–Crippen MR) is 105 cm³/mol. The van der Waals surface area contributed by atoms with Gasteiger partial charge in [0.25, 0.3) is 0 Å². The van der Waals surface area contributed by atoms with Gasteiger partial charge >= 0.3 is 11.7 Å². The first-order valence-electron chi connectivity index (χ1n) is 9.27. The van der Waals surface area contributed by atoms with E-state index in [1.54, 1.807) is 10.8 Å². The minimum absolute atomic E-state index is 0.0614.